The number of ether oxygens (including phenoxy) is 2. The maximum absolute atomic E-state index is 13.9. The summed E-state index contributed by atoms with van der Waals surface area (Å²) in [6, 6.07) is 23.0. The van der Waals surface area contributed by atoms with Gasteiger partial charge < -0.3 is 9.47 Å². The number of sulfone groups is 1. The van der Waals surface area contributed by atoms with Crippen molar-refractivity contribution in [3.63, 3.8) is 0 Å². The number of amides is 2. The lowest BCUT2D eigenvalue weighted by molar-refractivity contribution is 0.0599. The van der Waals surface area contributed by atoms with Crippen LogP contribution in [0.1, 0.15) is 42.8 Å². The molecule has 0 saturated heterocycles. The molecule has 0 fully saturated rings. The maximum Gasteiger partial charge on any atom is 0.272 e. The molecular formula is C29H22N2O6S2. The number of hydrogen-bond donors (Lipinski definition) is 0. The molecule has 0 spiro atoms. The topological polar surface area (TPSA) is 102 Å². The summed E-state index contributed by atoms with van der Waals surface area (Å²) < 4.78 is 35.7. The first-order valence-corrected chi connectivity index (χ1v) is 15.0. The minimum absolute atomic E-state index is 0.0426. The molecule has 4 aromatic rings. The highest BCUT2D eigenvalue weighted by molar-refractivity contribution is 7.90. The van der Waals surface area contributed by atoms with Crippen molar-refractivity contribution in [2.24, 2.45) is 4.99 Å². The fraction of sp³-hybridized carbons (Fsp3) is 0.138. The van der Waals surface area contributed by atoms with Gasteiger partial charge in [0.25, 0.3) is 11.8 Å². The first-order chi connectivity index (χ1) is 18.8. The average Bonchev–Trinajstić information content (AvgIpc) is 3.63. The van der Waals surface area contributed by atoms with Gasteiger partial charge in [-0.1, -0.05) is 66.7 Å². The monoisotopic (exact) mass is 558 g/mol. The van der Waals surface area contributed by atoms with E-state index in [9.17, 15) is 18.0 Å². The standard InChI is InChI=1S/C29H22N2O6S2/c1-39(34,35)16-22(20-12-13-23-24(14-20)37-17-36-23)31-28(32)25-21(15-38-27(25)29(31)33)30-26(18-8-4-2-5-9-18)19-10-6-3-7-11-19/h2-15,22H,16-17H2,1H3. The van der Waals surface area contributed by atoms with Gasteiger partial charge in [0.05, 0.1) is 28.8 Å². The molecule has 2 aliphatic rings. The molecule has 6 rings (SSSR count). The number of thiophene rings is 1. The van der Waals surface area contributed by atoms with Crippen molar-refractivity contribution in [1.82, 2.24) is 4.90 Å². The number of nitrogens with zero attached hydrogens (tertiary/aromatic N) is 2. The lowest BCUT2D eigenvalue weighted by atomic mass is 10.0. The lowest BCUT2D eigenvalue weighted by Gasteiger charge is -2.26. The SMILES string of the molecule is CS(=O)(=O)CC(c1ccc2c(c1)OCO2)N1C(=O)c2scc(N=C(c3ccccc3)c3ccccc3)c2C1=O. The van der Waals surface area contributed by atoms with Gasteiger partial charge in [0, 0.05) is 22.8 Å². The molecule has 0 saturated carbocycles. The van der Waals surface area contributed by atoms with E-state index in [0.717, 1.165) is 33.6 Å². The van der Waals surface area contributed by atoms with Crippen molar-refractivity contribution in [2.75, 3.05) is 18.8 Å². The molecular weight excluding hydrogens is 536 g/mol. The average molecular weight is 559 g/mol. The highest BCUT2D eigenvalue weighted by atomic mass is 32.2. The maximum atomic E-state index is 13.9. The van der Waals surface area contributed by atoms with E-state index in [4.69, 9.17) is 14.5 Å². The molecule has 2 amide bonds. The molecule has 196 valence electrons. The normalized spacial score (nSPS) is 14.8. The van der Waals surface area contributed by atoms with Crippen molar-refractivity contribution in [3.8, 4) is 11.5 Å². The van der Waals surface area contributed by atoms with Crippen LogP contribution in [0.25, 0.3) is 0 Å². The van der Waals surface area contributed by atoms with E-state index in [1.165, 1.54) is 0 Å². The highest BCUT2D eigenvalue weighted by Gasteiger charge is 2.45. The Labute approximate surface area is 229 Å². The second-order valence-corrected chi connectivity index (χ2v) is 12.3. The molecule has 1 aromatic heterocycles. The number of imide groups is 1. The zero-order chi connectivity index (χ0) is 27.1. The van der Waals surface area contributed by atoms with E-state index < -0.39 is 33.4 Å². The van der Waals surface area contributed by atoms with Crippen molar-refractivity contribution in [1.29, 1.82) is 0 Å². The molecule has 0 N–H and O–H groups in total. The molecule has 0 aliphatic carbocycles. The fourth-order valence-corrected chi connectivity index (χ4v) is 6.56. The van der Waals surface area contributed by atoms with E-state index in [1.54, 1.807) is 23.6 Å². The Bertz CT molecular complexity index is 1690. The summed E-state index contributed by atoms with van der Waals surface area (Å²) in [7, 11) is -3.58. The Morgan fingerprint density at radius 3 is 2.21 bits per heavy atom. The quantitative estimate of drug-likeness (QED) is 0.233. The van der Waals surface area contributed by atoms with Gasteiger partial charge >= 0.3 is 0 Å². The zero-order valence-corrected chi connectivity index (χ0v) is 22.4. The molecule has 39 heavy (non-hydrogen) atoms. The molecule has 1 atom stereocenters. The molecule has 8 nitrogen and oxygen atoms in total. The summed E-state index contributed by atoms with van der Waals surface area (Å²) in [4.78, 5) is 33.6. The smallest absolute Gasteiger partial charge is 0.272 e. The molecule has 2 aliphatic heterocycles. The number of carbonyl (C=O) groups excluding carboxylic acids is 2. The van der Waals surface area contributed by atoms with E-state index in [0.29, 0.717) is 28.5 Å². The number of rotatable bonds is 7. The molecule has 3 aromatic carbocycles. The van der Waals surface area contributed by atoms with Crippen LogP contribution in [-0.4, -0.2) is 49.6 Å². The Balaban J connectivity index is 1.44. The lowest BCUT2D eigenvalue weighted by Crippen LogP contribution is -2.37. The Morgan fingerprint density at radius 1 is 0.923 bits per heavy atom. The number of hydrogen-bond acceptors (Lipinski definition) is 8. The van der Waals surface area contributed by atoms with Crippen LogP contribution in [0.5, 0.6) is 11.5 Å². The number of aliphatic imine (C=N–C) groups is 1. The van der Waals surface area contributed by atoms with Gasteiger partial charge in [-0.25, -0.2) is 13.4 Å². The Kier molecular flexibility index (Phi) is 6.28. The van der Waals surface area contributed by atoms with Crippen LogP contribution in [0.3, 0.4) is 0 Å². The number of fused-ring (bicyclic) bond motifs is 2. The Hall–Kier alpha value is -4.28. The summed E-state index contributed by atoms with van der Waals surface area (Å²) in [5.41, 5.74) is 3.36. The van der Waals surface area contributed by atoms with Crippen molar-refractivity contribution < 1.29 is 27.5 Å². The van der Waals surface area contributed by atoms with E-state index in [2.05, 4.69) is 0 Å². The van der Waals surface area contributed by atoms with Crippen LogP contribution >= 0.6 is 11.3 Å². The van der Waals surface area contributed by atoms with Gasteiger partial charge in [-0.2, -0.15) is 0 Å². The molecule has 3 heterocycles. The second-order valence-electron chi connectivity index (χ2n) is 9.22. The molecule has 1 unspecified atom stereocenters. The molecule has 10 heteroatoms. The zero-order valence-electron chi connectivity index (χ0n) is 20.7. The van der Waals surface area contributed by atoms with Gasteiger partial charge in [-0.15, -0.1) is 11.3 Å². The number of benzene rings is 3. The summed E-state index contributed by atoms with van der Waals surface area (Å²) in [6.07, 6.45) is 1.08. The van der Waals surface area contributed by atoms with Crippen LogP contribution in [0.4, 0.5) is 5.69 Å². The van der Waals surface area contributed by atoms with Crippen LogP contribution in [0, 0.1) is 0 Å². The minimum Gasteiger partial charge on any atom is -0.454 e. The third kappa shape index (κ3) is 4.73. The fourth-order valence-electron chi connectivity index (χ4n) is 4.74. The third-order valence-corrected chi connectivity index (χ3v) is 8.37. The largest absolute Gasteiger partial charge is 0.454 e. The van der Waals surface area contributed by atoms with Crippen LogP contribution in [0.2, 0.25) is 0 Å². The van der Waals surface area contributed by atoms with Gasteiger partial charge in [0.1, 0.15) is 14.7 Å². The van der Waals surface area contributed by atoms with E-state index in [-0.39, 0.29) is 17.2 Å². The predicted octanol–water partition coefficient (Wildman–Crippen LogP) is 5.03. The van der Waals surface area contributed by atoms with Crippen molar-refractivity contribution >= 4 is 44.4 Å². The van der Waals surface area contributed by atoms with Crippen molar-refractivity contribution in [2.45, 2.75) is 6.04 Å². The first kappa shape index (κ1) is 25.0. The number of carbonyl (C=O) groups is 2. The van der Waals surface area contributed by atoms with Crippen molar-refractivity contribution in [3.05, 3.63) is 111 Å². The Morgan fingerprint density at radius 2 is 1.56 bits per heavy atom. The summed E-state index contributed by atoms with van der Waals surface area (Å²) in [5, 5.41) is 1.69. The van der Waals surface area contributed by atoms with Crippen LogP contribution in [-0.2, 0) is 9.84 Å². The third-order valence-electron chi connectivity index (χ3n) is 6.50. The molecule has 0 radical (unpaired) electrons. The van der Waals surface area contributed by atoms with E-state index >= 15 is 0 Å². The van der Waals surface area contributed by atoms with Gasteiger partial charge in [0.15, 0.2) is 11.5 Å². The summed E-state index contributed by atoms with van der Waals surface area (Å²) in [6.45, 7) is 0.0426. The predicted molar refractivity (Wildman–Crippen MR) is 148 cm³/mol. The van der Waals surface area contributed by atoms with Crippen LogP contribution < -0.4 is 9.47 Å². The highest BCUT2D eigenvalue weighted by Crippen LogP contribution is 2.43. The minimum atomic E-state index is -3.58. The van der Waals surface area contributed by atoms with Gasteiger partial charge in [-0.3, -0.25) is 14.5 Å². The van der Waals surface area contributed by atoms with Gasteiger partial charge in [0.2, 0.25) is 6.79 Å². The molecule has 0 bridgehead atoms. The van der Waals surface area contributed by atoms with E-state index in [1.807, 2.05) is 60.7 Å². The first-order valence-electron chi connectivity index (χ1n) is 12.1. The summed E-state index contributed by atoms with van der Waals surface area (Å²) in [5.74, 6) is -0.617. The van der Waals surface area contributed by atoms with Gasteiger partial charge in [-0.05, 0) is 17.7 Å². The van der Waals surface area contributed by atoms with Crippen LogP contribution in [0.15, 0.2) is 89.2 Å². The second kappa shape index (κ2) is 9.79. The summed E-state index contributed by atoms with van der Waals surface area (Å²) >= 11 is 1.12.